The molecule has 0 spiro atoms. The van der Waals surface area contributed by atoms with Crippen molar-refractivity contribution in [2.45, 2.75) is 76.5 Å². The number of rotatable bonds is 4. The zero-order valence-electron chi connectivity index (χ0n) is 13.9. The van der Waals surface area contributed by atoms with E-state index in [2.05, 4.69) is 11.9 Å². The molecule has 2 heterocycles. The van der Waals surface area contributed by atoms with E-state index in [9.17, 15) is 9.59 Å². The van der Waals surface area contributed by atoms with Crippen LogP contribution in [0.3, 0.4) is 0 Å². The predicted octanol–water partition coefficient (Wildman–Crippen LogP) is 3.09. The summed E-state index contributed by atoms with van der Waals surface area (Å²) in [6.07, 6.45) is 9.97. The van der Waals surface area contributed by atoms with E-state index in [1.54, 1.807) is 6.08 Å². The van der Waals surface area contributed by atoms with Crippen LogP contribution in [0.4, 0.5) is 0 Å². The van der Waals surface area contributed by atoms with Crippen LogP contribution in [0.5, 0.6) is 0 Å². The van der Waals surface area contributed by atoms with Crippen molar-refractivity contribution < 1.29 is 19.1 Å². The molecule has 3 unspecified atom stereocenters. The fraction of sp³-hybridized carbons (Fsp3) is 0.778. The molecule has 1 amide bonds. The summed E-state index contributed by atoms with van der Waals surface area (Å²) < 4.78 is 11.1. The molecule has 23 heavy (non-hydrogen) atoms. The van der Waals surface area contributed by atoms with Gasteiger partial charge in [-0.05, 0) is 32.1 Å². The van der Waals surface area contributed by atoms with Gasteiger partial charge in [0.15, 0.2) is 0 Å². The first-order valence-corrected chi connectivity index (χ1v) is 8.93. The molecule has 0 bridgehead atoms. The Labute approximate surface area is 138 Å². The Morgan fingerprint density at radius 1 is 1.22 bits per heavy atom. The molecular weight excluding hydrogens is 294 g/mol. The quantitative estimate of drug-likeness (QED) is 0.638. The molecule has 0 aliphatic carbocycles. The minimum atomic E-state index is -0.424. The fourth-order valence-corrected chi connectivity index (χ4v) is 3.29. The number of amides is 1. The van der Waals surface area contributed by atoms with E-state index in [0.717, 1.165) is 51.4 Å². The van der Waals surface area contributed by atoms with Crippen molar-refractivity contribution in [3.05, 3.63) is 12.7 Å². The molecule has 0 radical (unpaired) electrons. The molecule has 0 aromatic rings. The summed E-state index contributed by atoms with van der Waals surface area (Å²) in [6.45, 7) is 4.41. The van der Waals surface area contributed by atoms with Gasteiger partial charge in [-0.3, -0.25) is 9.59 Å². The third kappa shape index (κ3) is 5.98. The number of hydrogen-bond donors (Lipinski definition) is 1. The van der Waals surface area contributed by atoms with Gasteiger partial charge in [0.1, 0.15) is 0 Å². The largest absolute Gasteiger partial charge is 0.435 e. The normalized spacial score (nSPS) is 30.1. The Balaban J connectivity index is 2.02. The molecule has 5 heteroatoms. The summed E-state index contributed by atoms with van der Waals surface area (Å²) in [4.78, 5) is 24.7. The van der Waals surface area contributed by atoms with Crippen molar-refractivity contribution in [2.75, 3.05) is 6.61 Å². The second-order valence-corrected chi connectivity index (χ2v) is 6.49. The summed E-state index contributed by atoms with van der Waals surface area (Å²) in [5.74, 6) is -0.546. The second kappa shape index (κ2) is 9.71. The lowest BCUT2D eigenvalue weighted by atomic mass is 9.90. The van der Waals surface area contributed by atoms with E-state index in [1.165, 1.54) is 0 Å². The highest BCUT2D eigenvalue weighted by Crippen LogP contribution is 2.23. The maximum absolute atomic E-state index is 12.6. The number of hydrogen-bond acceptors (Lipinski definition) is 4. The zero-order chi connectivity index (χ0) is 16.5. The summed E-state index contributed by atoms with van der Waals surface area (Å²) in [5, 5.41) is 3.00. The number of carbonyl (C=O) groups is 2. The Bertz CT molecular complexity index is 404. The van der Waals surface area contributed by atoms with Crippen LogP contribution in [0.1, 0.15) is 64.2 Å². The average Bonchev–Trinajstić information content (AvgIpc) is 2.54. The topological polar surface area (TPSA) is 64.6 Å². The molecule has 2 aliphatic heterocycles. The van der Waals surface area contributed by atoms with Crippen LogP contribution in [-0.2, 0) is 19.1 Å². The molecule has 2 aliphatic rings. The molecular formula is C18H29NO4. The Kier molecular flexibility index (Phi) is 7.59. The van der Waals surface area contributed by atoms with Crippen molar-refractivity contribution in [3.8, 4) is 0 Å². The van der Waals surface area contributed by atoms with Crippen molar-refractivity contribution in [2.24, 2.45) is 5.92 Å². The highest BCUT2D eigenvalue weighted by molar-refractivity contribution is 5.78. The van der Waals surface area contributed by atoms with Gasteiger partial charge in [0.2, 0.25) is 12.2 Å². The molecule has 0 aromatic carbocycles. The summed E-state index contributed by atoms with van der Waals surface area (Å²) in [6, 6.07) is -0.228. The lowest BCUT2D eigenvalue weighted by Crippen LogP contribution is -2.45. The van der Waals surface area contributed by atoms with Gasteiger partial charge in [0.05, 0.1) is 12.5 Å². The molecule has 0 aromatic heterocycles. The second-order valence-electron chi connectivity index (χ2n) is 6.49. The lowest BCUT2D eigenvalue weighted by Gasteiger charge is -2.29. The van der Waals surface area contributed by atoms with E-state index in [4.69, 9.17) is 9.47 Å². The van der Waals surface area contributed by atoms with E-state index in [1.807, 2.05) is 0 Å². The smallest absolute Gasteiger partial charge is 0.313 e. The number of esters is 1. The maximum Gasteiger partial charge on any atom is 0.313 e. The third-order valence-electron chi connectivity index (χ3n) is 4.61. The molecule has 2 fully saturated rings. The summed E-state index contributed by atoms with van der Waals surface area (Å²) >= 11 is 0. The van der Waals surface area contributed by atoms with Crippen LogP contribution in [0.15, 0.2) is 12.7 Å². The molecule has 5 nitrogen and oxygen atoms in total. The standard InChI is InChI=1S/C18H29NO4/c1-2-9-15-14(10-5-3-4-6-11-16(20)19-15)18(21)23-17-12-7-8-13-22-17/h2,14-15,17H,1,3-13H2,(H,19,20). The Morgan fingerprint density at radius 3 is 2.74 bits per heavy atom. The van der Waals surface area contributed by atoms with Gasteiger partial charge in [0.25, 0.3) is 0 Å². The van der Waals surface area contributed by atoms with E-state index < -0.39 is 6.29 Å². The highest BCUT2D eigenvalue weighted by Gasteiger charge is 2.32. The summed E-state index contributed by atoms with van der Waals surface area (Å²) in [7, 11) is 0. The van der Waals surface area contributed by atoms with Crippen LogP contribution in [0.25, 0.3) is 0 Å². The molecule has 0 saturated carbocycles. The SMILES string of the molecule is C=CCC1NC(=O)CCCCCCC1C(=O)OC1CCCCO1. The van der Waals surface area contributed by atoms with E-state index in [-0.39, 0.29) is 23.8 Å². The van der Waals surface area contributed by atoms with Gasteiger partial charge in [-0.1, -0.05) is 25.3 Å². The fourth-order valence-electron chi connectivity index (χ4n) is 3.29. The molecule has 2 saturated heterocycles. The molecule has 2 rings (SSSR count). The molecule has 1 N–H and O–H groups in total. The van der Waals surface area contributed by atoms with Crippen molar-refractivity contribution in [3.63, 3.8) is 0 Å². The van der Waals surface area contributed by atoms with Crippen LogP contribution in [0, 0.1) is 5.92 Å². The van der Waals surface area contributed by atoms with Crippen molar-refractivity contribution in [1.82, 2.24) is 5.32 Å². The van der Waals surface area contributed by atoms with Crippen LogP contribution in [0.2, 0.25) is 0 Å². The predicted molar refractivity (Wildman–Crippen MR) is 87.6 cm³/mol. The van der Waals surface area contributed by atoms with Crippen LogP contribution >= 0.6 is 0 Å². The molecule has 130 valence electrons. The minimum Gasteiger partial charge on any atom is -0.435 e. The lowest BCUT2D eigenvalue weighted by molar-refractivity contribution is -0.192. The van der Waals surface area contributed by atoms with Gasteiger partial charge in [0, 0.05) is 18.9 Å². The monoisotopic (exact) mass is 323 g/mol. The van der Waals surface area contributed by atoms with Gasteiger partial charge in [-0.25, -0.2) is 0 Å². The third-order valence-corrected chi connectivity index (χ3v) is 4.61. The first-order valence-electron chi connectivity index (χ1n) is 8.93. The maximum atomic E-state index is 12.6. The highest BCUT2D eigenvalue weighted by atomic mass is 16.7. The van der Waals surface area contributed by atoms with E-state index >= 15 is 0 Å². The van der Waals surface area contributed by atoms with E-state index in [0.29, 0.717) is 19.4 Å². The first kappa shape index (κ1) is 18.0. The number of ether oxygens (including phenoxy) is 2. The first-order chi connectivity index (χ1) is 11.2. The Hall–Kier alpha value is -1.36. The Morgan fingerprint density at radius 2 is 2.00 bits per heavy atom. The average molecular weight is 323 g/mol. The summed E-state index contributed by atoms with van der Waals surface area (Å²) in [5.41, 5.74) is 0. The zero-order valence-corrected chi connectivity index (χ0v) is 13.9. The molecule has 3 atom stereocenters. The number of carbonyl (C=O) groups excluding carboxylic acids is 2. The minimum absolute atomic E-state index is 0.0190. The van der Waals surface area contributed by atoms with Crippen molar-refractivity contribution in [1.29, 1.82) is 0 Å². The van der Waals surface area contributed by atoms with Crippen LogP contribution in [-0.4, -0.2) is 30.8 Å². The van der Waals surface area contributed by atoms with Gasteiger partial charge in [-0.15, -0.1) is 6.58 Å². The number of nitrogens with one attached hydrogen (secondary N) is 1. The van der Waals surface area contributed by atoms with Gasteiger partial charge >= 0.3 is 5.97 Å². The van der Waals surface area contributed by atoms with Gasteiger partial charge in [-0.2, -0.15) is 0 Å². The van der Waals surface area contributed by atoms with Crippen LogP contribution < -0.4 is 5.32 Å². The van der Waals surface area contributed by atoms with Gasteiger partial charge < -0.3 is 14.8 Å². The van der Waals surface area contributed by atoms with Crippen molar-refractivity contribution >= 4 is 11.9 Å².